The van der Waals surface area contributed by atoms with Crippen LogP contribution in [0.3, 0.4) is 0 Å². The Bertz CT molecular complexity index is 2490. The number of nitrogens with one attached hydrogen (secondary N) is 1. The minimum absolute atomic E-state index is 0.172. The van der Waals surface area contributed by atoms with E-state index in [0.717, 1.165) is 74.5 Å². The standard InChI is InChI=1S/C31H40F2N2O4.C25H30F2N2O4/c1-21(14-23-11-12-25(32)17-27(23)33)18-35(20-26-10-7-13-34(26)19-22-8-5-6-9-22)31(36)24-15-28(37-2)30(39-4)29(16-24)38-3;1-16(10-17-7-8-19(26)13-21(17)27)14-29(15-20-6-5-9-28-20)25(30)18-11-22(31-2)24(33-4)23(12-18)32-3/h11-12,14-17,22,26H,5-10,13,18-20H2,1-4H3;7-8,10-13,20,28H,5-6,9,14-15H2,1-4H3/b21-14+;16-10+/t26-;/m0./s1. The van der Waals surface area contributed by atoms with Gasteiger partial charge in [-0.1, -0.05) is 36.1 Å². The van der Waals surface area contributed by atoms with E-state index in [2.05, 4.69) is 10.2 Å². The van der Waals surface area contributed by atoms with Gasteiger partial charge in [-0.25, -0.2) is 17.6 Å². The van der Waals surface area contributed by atoms with Gasteiger partial charge in [-0.05, 0) is 120 Å². The van der Waals surface area contributed by atoms with Gasteiger partial charge >= 0.3 is 0 Å². The lowest BCUT2D eigenvalue weighted by Crippen LogP contribution is -2.45. The Labute approximate surface area is 421 Å². The molecule has 16 heteroatoms. The maximum Gasteiger partial charge on any atom is 0.254 e. The maximum absolute atomic E-state index is 14.4. The average Bonchev–Trinajstić information content (AvgIpc) is 4.19. The Kier molecular flexibility index (Phi) is 20.2. The molecular weight excluding hydrogens is 933 g/mol. The van der Waals surface area contributed by atoms with Crippen LogP contribution >= 0.6 is 0 Å². The fourth-order valence-corrected chi connectivity index (χ4v) is 9.97. The van der Waals surface area contributed by atoms with Gasteiger partial charge in [-0.15, -0.1) is 0 Å². The highest BCUT2D eigenvalue weighted by Crippen LogP contribution is 2.40. The topological polar surface area (TPSA) is 111 Å². The number of nitrogens with zero attached hydrogens (tertiary/aromatic N) is 3. The highest BCUT2D eigenvalue weighted by atomic mass is 19.1. The number of ether oxygens (including phenoxy) is 6. The van der Waals surface area contributed by atoms with Gasteiger partial charge in [0.25, 0.3) is 11.8 Å². The molecule has 12 nitrogen and oxygen atoms in total. The molecule has 2 atom stereocenters. The Morgan fingerprint density at radius 3 is 1.46 bits per heavy atom. The Morgan fingerprint density at radius 1 is 0.597 bits per heavy atom. The van der Waals surface area contributed by atoms with E-state index < -0.39 is 23.3 Å². The van der Waals surface area contributed by atoms with Gasteiger partial charge < -0.3 is 43.5 Å². The van der Waals surface area contributed by atoms with E-state index in [1.165, 1.54) is 92.6 Å². The van der Waals surface area contributed by atoms with Crippen LogP contribution in [0.2, 0.25) is 0 Å². The van der Waals surface area contributed by atoms with E-state index in [4.69, 9.17) is 28.4 Å². The Balaban J connectivity index is 0.000000239. The first-order valence-electron chi connectivity index (χ1n) is 24.6. The highest BCUT2D eigenvalue weighted by Gasteiger charge is 2.32. The molecule has 2 saturated heterocycles. The van der Waals surface area contributed by atoms with Gasteiger partial charge in [0.15, 0.2) is 23.0 Å². The Morgan fingerprint density at radius 2 is 1.06 bits per heavy atom. The van der Waals surface area contributed by atoms with Gasteiger partial charge in [0.05, 0.1) is 42.7 Å². The van der Waals surface area contributed by atoms with E-state index in [1.807, 2.05) is 18.7 Å². The number of hydrogen-bond donors (Lipinski definition) is 1. The third kappa shape index (κ3) is 14.5. The number of likely N-dealkylation sites (tertiary alicyclic amines) is 1. The van der Waals surface area contributed by atoms with Crippen LogP contribution in [0.5, 0.6) is 34.5 Å². The third-order valence-corrected chi connectivity index (χ3v) is 13.5. The second kappa shape index (κ2) is 26.4. The molecule has 72 heavy (non-hydrogen) atoms. The van der Waals surface area contributed by atoms with E-state index in [1.54, 1.807) is 41.3 Å². The Hall–Kier alpha value is -6.26. The number of benzene rings is 4. The van der Waals surface area contributed by atoms with Gasteiger partial charge in [-0.3, -0.25) is 14.5 Å². The SMILES string of the molecule is COc1cc(C(=O)N(C/C(C)=C/c2ccc(F)cc2F)CC2CCCN2)cc(OC)c1OC.COc1cc(C(=O)N(C/C(C)=C/c2ccc(F)cc2F)C[C@@H]2CCCN2CC2CCCC2)cc(OC)c1OC. The summed E-state index contributed by atoms with van der Waals surface area (Å²) in [7, 11) is 9.06. The molecule has 3 aliphatic rings. The molecule has 390 valence electrons. The largest absolute Gasteiger partial charge is 0.493 e. The van der Waals surface area contributed by atoms with Crippen molar-refractivity contribution in [2.24, 2.45) is 5.92 Å². The molecule has 2 aliphatic heterocycles. The quantitative estimate of drug-likeness (QED) is 0.0860. The van der Waals surface area contributed by atoms with Gasteiger partial charge in [0.2, 0.25) is 11.5 Å². The lowest BCUT2D eigenvalue weighted by atomic mass is 10.1. The second-order valence-electron chi connectivity index (χ2n) is 18.7. The molecule has 0 bridgehead atoms. The predicted molar refractivity (Wildman–Crippen MR) is 272 cm³/mol. The summed E-state index contributed by atoms with van der Waals surface area (Å²) in [6.07, 6.45) is 12.6. The minimum Gasteiger partial charge on any atom is -0.493 e. The van der Waals surface area contributed by atoms with E-state index in [0.29, 0.717) is 65.3 Å². The van der Waals surface area contributed by atoms with Crippen molar-refractivity contribution in [1.82, 2.24) is 20.0 Å². The molecule has 4 aromatic carbocycles. The number of halogens is 4. The molecule has 2 amide bonds. The smallest absolute Gasteiger partial charge is 0.254 e. The van der Waals surface area contributed by atoms with Crippen molar-refractivity contribution in [2.45, 2.75) is 77.3 Å². The van der Waals surface area contributed by atoms with Crippen molar-refractivity contribution in [3.63, 3.8) is 0 Å². The maximum atomic E-state index is 14.4. The fourth-order valence-electron chi connectivity index (χ4n) is 9.97. The normalized spacial score (nSPS) is 17.3. The number of carbonyl (C=O) groups is 2. The summed E-state index contributed by atoms with van der Waals surface area (Å²) in [5.41, 5.74) is 2.93. The monoisotopic (exact) mass is 1000 g/mol. The fraction of sp³-hybridized carbons (Fsp3) is 0.464. The zero-order valence-electron chi connectivity index (χ0n) is 42.9. The number of carbonyl (C=O) groups excluding carboxylic acids is 2. The third-order valence-electron chi connectivity index (χ3n) is 13.5. The number of hydrogen-bond acceptors (Lipinski definition) is 10. The van der Waals surface area contributed by atoms with Crippen LogP contribution in [-0.2, 0) is 0 Å². The van der Waals surface area contributed by atoms with E-state index in [9.17, 15) is 27.2 Å². The van der Waals surface area contributed by atoms with Crippen LogP contribution in [0.1, 0.15) is 97.1 Å². The molecule has 0 radical (unpaired) electrons. The summed E-state index contributed by atoms with van der Waals surface area (Å²) >= 11 is 0. The van der Waals surface area contributed by atoms with Crippen LogP contribution in [0.15, 0.2) is 71.8 Å². The molecular formula is C56H70F4N4O8. The first-order valence-corrected chi connectivity index (χ1v) is 24.6. The van der Waals surface area contributed by atoms with Crippen molar-refractivity contribution in [3.05, 3.63) is 117 Å². The first-order chi connectivity index (χ1) is 34.7. The number of amides is 2. The second-order valence-corrected chi connectivity index (χ2v) is 18.7. The van der Waals surface area contributed by atoms with Crippen molar-refractivity contribution in [2.75, 3.05) is 88.5 Å². The molecule has 7 rings (SSSR count). The lowest BCUT2D eigenvalue weighted by Gasteiger charge is -2.33. The highest BCUT2D eigenvalue weighted by molar-refractivity contribution is 5.96. The lowest BCUT2D eigenvalue weighted by molar-refractivity contribution is 0.0713. The molecule has 0 spiro atoms. The molecule has 1 N–H and O–H groups in total. The number of rotatable bonds is 20. The summed E-state index contributed by atoms with van der Waals surface area (Å²) < 4.78 is 87.7. The molecule has 0 aromatic heterocycles. The van der Waals surface area contributed by atoms with Gasteiger partial charge in [0.1, 0.15) is 23.3 Å². The summed E-state index contributed by atoms with van der Waals surface area (Å²) in [6, 6.07) is 14.0. The minimum atomic E-state index is -0.644. The van der Waals surface area contributed by atoms with E-state index in [-0.39, 0.29) is 41.6 Å². The van der Waals surface area contributed by atoms with Crippen LogP contribution in [-0.4, -0.2) is 127 Å². The van der Waals surface area contributed by atoms with Gasteiger partial charge in [0, 0.05) is 79.2 Å². The van der Waals surface area contributed by atoms with Crippen LogP contribution in [0.4, 0.5) is 17.6 Å². The zero-order valence-corrected chi connectivity index (χ0v) is 42.9. The molecule has 1 aliphatic carbocycles. The van der Waals surface area contributed by atoms with Crippen molar-refractivity contribution in [1.29, 1.82) is 0 Å². The van der Waals surface area contributed by atoms with Crippen molar-refractivity contribution >= 4 is 24.0 Å². The molecule has 4 aromatic rings. The van der Waals surface area contributed by atoms with E-state index >= 15 is 0 Å². The van der Waals surface area contributed by atoms with Crippen molar-refractivity contribution in [3.8, 4) is 34.5 Å². The van der Waals surface area contributed by atoms with Crippen molar-refractivity contribution < 1.29 is 55.6 Å². The molecule has 3 fully saturated rings. The summed E-state index contributed by atoms with van der Waals surface area (Å²) in [6.45, 7) is 8.35. The molecule has 1 unspecified atom stereocenters. The number of methoxy groups -OCH3 is 6. The first kappa shape index (κ1) is 55.1. The molecule has 1 saturated carbocycles. The summed E-state index contributed by atoms with van der Waals surface area (Å²) in [5.74, 6) is 0.239. The van der Waals surface area contributed by atoms with Gasteiger partial charge in [-0.2, -0.15) is 0 Å². The van der Waals surface area contributed by atoms with Crippen LogP contribution in [0.25, 0.3) is 12.2 Å². The average molecular weight is 1000 g/mol. The van der Waals surface area contributed by atoms with Crippen LogP contribution < -0.4 is 33.7 Å². The van der Waals surface area contributed by atoms with Crippen LogP contribution in [0, 0.1) is 29.2 Å². The predicted octanol–water partition coefficient (Wildman–Crippen LogP) is 10.5. The zero-order chi connectivity index (χ0) is 51.9. The molecule has 2 heterocycles. The summed E-state index contributed by atoms with van der Waals surface area (Å²) in [4.78, 5) is 33.7. The summed E-state index contributed by atoms with van der Waals surface area (Å²) in [5, 5.41) is 3.41.